The molecule has 0 aliphatic carbocycles. The Bertz CT molecular complexity index is 141. The highest BCUT2D eigenvalue weighted by Crippen LogP contribution is 1.85. The van der Waals surface area contributed by atoms with Gasteiger partial charge in [-0.1, -0.05) is 32.1 Å². The summed E-state index contributed by atoms with van der Waals surface area (Å²) in [6.45, 7) is 7.16. The van der Waals surface area contributed by atoms with E-state index in [1.165, 1.54) is 0 Å². The Morgan fingerprint density at radius 3 is 2.64 bits per heavy atom. The molecule has 2 N–H and O–H groups in total. The minimum Gasteiger partial charge on any atom is -0.312 e. The quantitative estimate of drug-likeness (QED) is 0.383. The molecule has 0 bridgehead atoms. The second-order valence-corrected chi connectivity index (χ2v) is 3.20. The van der Waals surface area contributed by atoms with Gasteiger partial charge in [0.25, 0.3) is 0 Å². The van der Waals surface area contributed by atoms with Crippen molar-refractivity contribution in [2.24, 2.45) is 5.92 Å². The molecule has 64 valence electrons. The van der Waals surface area contributed by atoms with Gasteiger partial charge in [0.1, 0.15) is 4.99 Å². The summed E-state index contributed by atoms with van der Waals surface area (Å²) in [4.78, 5) is 0.730. The topological polar surface area (TPSA) is 24.1 Å². The fourth-order valence-corrected chi connectivity index (χ4v) is 0.744. The van der Waals surface area contributed by atoms with Gasteiger partial charge in [0, 0.05) is 6.54 Å². The van der Waals surface area contributed by atoms with Crippen LogP contribution in [0.2, 0.25) is 0 Å². The van der Waals surface area contributed by atoms with Crippen LogP contribution in [0.5, 0.6) is 0 Å². The Morgan fingerprint density at radius 2 is 2.18 bits per heavy atom. The van der Waals surface area contributed by atoms with Crippen LogP contribution in [0.3, 0.4) is 0 Å². The molecule has 0 rings (SSSR count). The maximum Gasteiger partial charge on any atom is 0.113 e. The van der Waals surface area contributed by atoms with E-state index in [1.54, 1.807) is 0 Å². The zero-order valence-electron chi connectivity index (χ0n) is 7.35. The maximum atomic E-state index is 4.94. The van der Waals surface area contributed by atoms with E-state index in [0.717, 1.165) is 11.5 Å². The molecule has 0 saturated carbocycles. The summed E-state index contributed by atoms with van der Waals surface area (Å²) >= 11 is 4.94. The van der Waals surface area contributed by atoms with Gasteiger partial charge < -0.3 is 5.43 Å². The molecular weight excluding hydrogens is 156 g/mol. The third-order valence-corrected chi connectivity index (χ3v) is 1.28. The lowest BCUT2D eigenvalue weighted by Gasteiger charge is -2.08. The summed E-state index contributed by atoms with van der Waals surface area (Å²) < 4.78 is 0. The van der Waals surface area contributed by atoms with Crippen LogP contribution < -0.4 is 10.9 Å². The summed E-state index contributed by atoms with van der Waals surface area (Å²) in [5.41, 5.74) is 5.94. The predicted molar refractivity (Wildman–Crippen MR) is 53.4 cm³/mol. The van der Waals surface area contributed by atoms with Crippen molar-refractivity contribution < 1.29 is 0 Å². The summed E-state index contributed by atoms with van der Waals surface area (Å²) in [7, 11) is 0. The molecule has 0 aromatic carbocycles. The van der Waals surface area contributed by atoms with Crippen molar-refractivity contribution in [1.29, 1.82) is 0 Å². The first kappa shape index (κ1) is 10.6. The van der Waals surface area contributed by atoms with Crippen molar-refractivity contribution in [1.82, 2.24) is 10.9 Å². The standard InChI is InChI=1S/C8H16N2S/c1-4-5-8(11)10-9-6-7(2)3/h4-5,7,9H,6H2,1-3H3,(H,10,11). The van der Waals surface area contributed by atoms with Gasteiger partial charge in [-0.3, -0.25) is 0 Å². The molecule has 2 nitrogen and oxygen atoms in total. The highest BCUT2D eigenvalue weighted by atomic mass is 32.1. The van der Waals surface area contributed by atoms with Crippen LogP contribution in [-0.2, 0) is 0 Å². The molecule has 0 aliphatic heterocycles. The third kappa shape index (κ3) is 7.49. The number of hydrazine groups is 1. The van der Waals surface area contributed by atoms with Crippen molar-refractivity contribution >= 4 is 17.2 Å². The average molecular weight is 172 g/mol. The normalized spacial score (nSPS) is 10.9. The van der Waals surface area contributed by atoms with E-state index in [1.807, 2.05) is 19.1 Å². The van der Waals surface area contributed by atoms with Crippen molar-refractivity contribution in [3.63, 3.8) is 0 Å². The lowest BCUT2D eigenvalue weighted by atomic mass is 10.2. The molecule has 0 spiro atoms. The van der Waals surface area contributed by atoms with Crippen LogP contribution in [0.25, 0.3) is 0 Å². The molecule has 0 aromatic heterocycles. The lowest BCUT2D eigenvalue weighted by molar-refractivity contribution is 0.535. The Balaban J connectivity index is 3.32. The van der Waals surface area contributed by atoms with E-state index in [9.17, 15) is 0 Å². The second-order valence-electron chi connectivity index (χ2n) is 2.76. The van der Waals surface area contributed by atoms with E-state index in [2.05, 4.69) is 24.7 Å². The molecule has 0 fully saturated rings. The molecule has 0 radical (unpaired) electrons. The number of thiocarbonyl (C=S) groups is 1. The van der Waals surface area contributed by atoms with E-state index < -0.39 is 0 Å². The van der Waals surface area contributed by atoms with E-state index in [0.29, 0.717) is 5.92 Å². The first-order valence-electron chi connectivity index (χ1n) is 3.82. The van der Waals surface area contributed by atoms with Crippen LogP contribution in [0, 0.1) is 5.92 Å². The molecule has 0 aliphatic rings. The minimum atomic E-state index is 0.635. The molecule has 11 heavy (non-hydrogen) atoms. The minimum absolute atomic E-state index is 0.635. The summed E-state index contributed by atoms with van der Waals surface area (Å²) in [6.07, 6.45) is 3.76. The third-order valence-electron chi connectivity index (χ3n) is 1.04. The summed E-state index contributed by atoms with van der Waals surface area (Å²) in [6, 6.07) is 0. The number of hydrogen-bond donors (Lipinski definition) is 2. The second kappa shape index (κ2) is 6.31. The van der Waals surface area contributed by atoms with Crippen LogP contribution >= 0.6 is 12.2 Å². The number of hydrogen-bond acceptors (Lipinski definition) is 2. The SMILES string of the molecule is CC=CC(=S)NNCC(C)C. The number of allylic oxidation sites excluding steroid dienone is 1. The lowest BCUT2D eigenvalue weighted by Crippen LogP contribution is -2.37. The molecular formula is C8H16N2S. The average Bonchev–Trinajstić information content (AvgIpc) is 1.87. The molecule has 3 heteroatoms. The van der Waals surface area contributed by atoms with Crippen LogP contribution in [0.4, 0.5) is 0 Å². The monoisotopic (exact) mass is 172 g/mol. The Morgan fingerprint density at radius 1 is 1.55 bits per heavy atom. The largest absolute Gasteiger partial charge is 0.312 e. The Labute approximate surface area is 74.0 Å². The summed E-state index contributed by atoms with van der Waals surface area (Å²) in [5.74, 6) is 0.635. The maximum absolute atomic E-state index is 4.94. The van der Waals surface area contributed by atoms with Crippen molar-refractivity contribution in [2.75, 3.05) is 6.54 Å². The molecule has 0 amide bonds. The Kier molecular flexibility index (Phi) is 6.07. The van der Waals surface area contributed by atoms with Gasteiger partial charge in [-0.15, -0.1) is 0 Å². The molecule has 0 unspecified atom stereocenters. The Hall–Kier alpha value is -0.410. The van der Waals surface area contributed by atoms with Gasteiger partial charge in [0.15, 0.2) is 0 Å². The highest BCUT2D eigenvalue weighted by Gasteiger charge is 1.91. The van der Waals surface area contributed by atoms with Gasteiger partial charge in [-0.25, -0.2) is 5.43 Å². The number of rotatable bonds is 4. The van der Waals surface area contributed by atoms with Gasteiger partial charge in [0.05, 0.1) is 0 Å². The van der Waals surface area contributed by atoms with Crippen LogP contribution in [0.15, 0.2) is 12.2 Å². The zero-order chi connectivity index (χ0) is 8.69. The fourth-order valence-electron chi connectivity index (χ4n) is 0.535. The fraction of sp³-hybridized carbons (Fsp3) is 0.625. The molecule has 0 atom stereocenters. The van der Waals surface area contributed by atoms with E-state index in [4.69, 9.17) is 12.2 Å². The summed E-state index contributed by atoms with van der Waals surface area (Å²) in [5, 5.41) is 0. The van der Waals surface area contributed by atoms with E-state index >= 15 is 0 Å². The predicted octanol–water partition coefficient (Wildman–Crippen LogP) is 1.64. The van der Waals surface area contributed by atoms with Gasteiger partial charge >= 0.3 is 0 Å². The van der Waals surface area contributed by atoms with Crippen molar-refractivity contribution in [3.05, 3.63) is 12.2 Å². The highest BCUT2D eigenvalue weighted by molar-refractivity contribution is 7.80. The van der Waals surface area contributed by atoms with Crippen LogP contribution in [-0.4, -0.2) is 11.5 Å². The van der Waals surface area contributed by atoms with Crippen LogP contribution in [0.1, 0.15) is 20.8 Å². The first-order chi connectivity index (χ1) is 5.16. The van der Waals surface area contributed by atoms with Gasteiger partial charge in [-0.2, -0.15) is 0 Å². The molecule has 0 aromatic rings. The zero-order valence-corrected chi connectivity index (χ0v) is 8.16. The number of nitrogens with one attached hydrogen (secondary N) is 2. The van der Waals surface area contributed by atoms with Crippen molar-refractivity contribution in [2.45, 2.75) is 20.8 Å². The molecule has 0 heterocycles. The molecule has 0 saturated heterocycles. The van der Waals surface area contributed by atoms with Gasteiger partial charge in [0.2, 0.25) is 0 Å². The van der Waals surface area contributed by atoms with Crippen molar-refractivity contribution in [3.8, 4) is 0 Å². The van der Waals surface area contributed by atoms with E-state index in [-0.39, 0.29) is 0 Å². The van der Waals surface area contributed by atoms with Gasteiger partial charge in [-0.05, 0) is 18.9 Å². The first-order valence-corrected chi connectivity index (χ1v) is 4.23. The smallest absolute Gasteiger partial charge is 0.113 e.